The molecular formula is C26H46O4. The Balaban J connectivity index is 2.03. The average molecular weight is 423 g/mol. The maximum atomic E-state index is 11.9. The number of carbonyl (C=O) groups is 2. The molecule has 1 fully saturated rings. The molecule has 0 aromatic carbocycles. The summed E-state index contributed by atoms with van der Waals surface area (Å²) in [5.74, 6) is -1.34. The van der Waals surface area contributed by atoms with Crippen molar-refractivity contribution in [3.63, 3.8) is 0 Å². The molecule has 4 heteroatoms. The Morgan fingerprint density at radius 1 is 0.800 bits per heavy atom. The highest BCUT2D eigenvalue weighted by atomic mass is 16.6. The Bertz CT molecular complexity index is 477. The fourth-order valence-corrected chi connectivity index (χ4v) is 4.34. The van der Waals surface area contributed by atoms with Gasteiger partial charge < -0.3 is 9.84 Å². The van der Waals surface area contributed by atoms with Crippen LogP contribution in [-0.4, -0.2) is 22.6 Å². The van der Waals surface area contributed by atoms with Crippen molar-refractivity contribution in [3.05, 3.63) is 12.2 Å². The van der Waals surface area contributed by atoms with E-state index in [-0.39, 0.29) is 18.8 Å². The van der Waals surface area contributed by atoms with E-state index in [1.54, 1.807) is 0 Å². The van der Waals surface area contributed by atoms with Crippen molar-refractivity contribution in [2.24, 2.45) is 0 Å². The van der Waals surface area contributed by atoms with Crippen LogP contribution in [0.15, 0.2) is 12.2 Å². The van der Waals surface area contributed by atoms with Gasteiger partial charge >= 0.3 is 11.9 Å². The number of carboxylic acid groups (broad SMARTS) is 1. The molecule has 4 nitrogen and oxygen atoms in total. The molecule has 0 aliphatic heterocycles. The predicted molar refractivity (Wildman–Crippen MR) is 124 cm³/mol. The summed E-state index contributed by atoms with van der Waals surface area (Å²) in [5.41, 5.74) is -0.480. The molecule has 1 aliphatic carbocycles. The van der Waals surface area contributed by atoms with Gasteiger partial charge in [0.05, 0.1) is 12.8 Å². The first-order valence-corrected chi connectivity index (χ1v) is 12.7. The minimum Gasteiger partial charge on any atom is -0.481 e. The summed E-state index contributed by atoms with van der Waals surface area (Å²) in [6.07, 6.45) is 26.7. The van der Waals surface area contributed by atoms with Gasteiger partial charge in [0.1, 0.15) is 5.60 Å². The van der Waals surface area contributed by atoms with Crippen LogP contribution in [0.25, 0.3) is 0 Å². The van der Waals surface area contributed by atoms with E-state index in [9.17, 15) is 9.59 Å². The number of carbonyl (C=O) groups excluding carboxylic acids is 1. The second kappa shape index (κ2) is 17.4. The summed E-state index contributed by atoms with van der Waals surface area (Å²) in [7, 11) is 0. The third-order valence-corrected chi connectivity index (χ3v) is 6.21. The molecule has 1 rings (SSSR count). The van der Waals surface area contributed by atoms with Gasteiger partial charge in [-0.2, -0.15) is 0 Å². The van der Waals surface area contributed by atoms with Crippen LogP contribution in [0.2, 0.25) is 0 Å². The Morgan fingerprint density at radius 2 is 1.30 bits per heavy atom. The Morgan fingerprint density at radius 3 is 1.80 bits per heavy atom. The number of esters is 1. The zero-order chi connectivity index (χ0) is 21.9. The van der Waals surface area contributed by atoms with Crippen LogP contribution in [0.5, 0.6) is 0 Å². The van der Waals surface area contributed by atoms with Crippen molar-refractivity contribution in [1.29, 1.82) is 0 Å². The number of unbranched alkanes of at least 4 members (excludes halogenated alkanes) is 13. The number of hydrogen-bond acceptors (Lipinski definition) is 3. The Hall–Kier alpha value is -1.32. The molecular weight excluding hydrogens is 376 g/mol. The first kappa shape index (κ1) is 26.7. The topological polar surface area (TPSA) is 63.6 Å². The van der Waals surface area contributed by atoms with Crippen LogP contribution in [0, 0.1) is 0 Å². The van der Waals surface area contributed by atoms with Crippen molar-refractivity contribution >= 4 is 11.9 Å². The second-order valence-electron chi connectivity index (χ2n) is 9.07. The fraction of sp³-hybridized carbons (Fsp3) is 0.846. The van der Waals surface area contributed by atoms with Crippen molar-refractivity contribution in [2.45, 2.75) is 141 Å². The van der Waals surface area contributed by atoms with Crippen molar-refractivity contribution in [2.75, 3.05) is 0 Å². The lowest BCUT2D eigenvalue weighted by molar-refractivity contribution is -0.157. The SMILES string of the molecule is CCCCCCCCCCCCCCCC=CC1(OC(=O)CCC(=O)O)CCCC1. The smallest absolute Gasteiger partial charge is 0.307 e. The predicted octanol–water partition coefficient (Wildman–Crippen LogP) is 7.74. The molecule has 0 unspecified atom stereocenters. The van der Waals surface area contributed by atoms with Gasteiger partial charge in [0.25, 0.3) is 0 Å². The van der Waals surface area contributed by atoms with Crippen molar-refractivity contribution in [1.82, 2.24) is 0 Å². The second-order valence-corrected chi connectivity index (χ2v) is 9.07. The van der Waals surface area contributed by atoms with Gasteiger partial charge in [-0.15, -0.1) is 0 Å². The van der Waals surface area contributed by atoms with Crippen LogP contribution in [0.4, 0.5) is 0 Å². The molecule has 174 valence electrons. The number of ether oxygens (including phenoxy) is 1. The Kier molecular flexibility index (Phi) is 15.5. The van der Waals surface area contributed by atoms with E-state index in [1.165, 1.54) is 83.5 Å². The number of rotatable bonds is 19. The molecule has 30 heavy (non-hydrogen) atoms. The largest absolute Gasteiger partial charge is 0.481 e. The van der Waals surface area contributed by atoms with Gasteiger partial charge in [-0.05, 0) is 44.6 Å². The van der Waals surface area contributed by atoms with E-state index in [0.717, 1.165) is 32.1 Å². The monoisotopic (exact) mass is 422 g/mol. The first-order chi connectivity index (χ1) is 14.6. The summed E-state index contributed by atoms with van der Waals surface area (Å²) < 4.78 is 5.68. The summed E-state index contributed by atoms with van der Waals surface area (Å²) in [4.78, 5) is 22.6. The average Bonchev–Trinajstić information content (AvgIpc) is 3.17. The quantitative estimate of drug-likeness (QED) is 0.131. The van der Waals surface area contributed by atoms with Crippen LogP contribution < -0.4 is 0 Å². The number of aliphatic carboxylic acids is 1. The normalized spacial score (nSPS) is 15.6. The highest BCUT2D eigenvalue weighted by Crippen LogP contribution is 2.35. The highest BCUT2D eigenvalue weighted by Gasteiger charge is 2.35. The molecule has 0 radical (unpaired) electrons. The number of hydrogen-bond donors (Lipinski definition) is 1. The maximum absolute atomic E-state index is 11.9. The maximum Gasteiger partial charge on any atom is 0.307 e. The summed E-state index contributed by atoms with van der Waals surface area (Å²) >= 11 is 0. The molecule has 0 saturated heterocycles. The lowest BCUT2D eigenvalue weighted by atomic mass is 10.00. The van der Waals surface area contributed by atoms with Gasteiger partial charge in [0, 0.05) is 0 Å². The summed E-state index contributed by atoms with van der Waals surface area (Å²) in [6, 6.07) is 0. The number of carboxylic acids is 1. The van der Waals surface area contributed by atoms with Crippen LogP contribution in [-0.2, 0) is 14.3 Å². The van der Waals surface area contributed by atoms with Gasteiger partial charge in [-0.1, -0.05) is 90.0 Å². The third kappa shape index (κ3) is 13.8. The van der Waals surface area contributed by atoms with Gasteiger partial charge in [-0.25, -0.2) is 0 Å². The van der Waals surface area contributed by atoms with E-state index >= 15 is 0 Å². The van der Waals surface area contributed by atoms with E-state index < -0.39 is 11.6 Å². The molecule has 0 heterocycles. The van der Waals surface area contributed by atoms with Crippen molar-refractivity contribution < 1.29 is 19.4 Å². The first-order valence-electron chi connectivity index (χ1n) is 12.7. The standard InChI is InChI=1S/C26H46O4/c1-2-3-4-5-6-7-8-9-10-11-12-13-14-15-16-21-26(22-17-18-23-26)30-25(29)20-19-24(27)28/h16,21H,2-15,17-20,22-23H2,1H3,(H,27,28). The summed E-state index contributed by atoms with van der Waals surface area (Å²) in [5, 5.41) is 8.72. The summed E-state index contributed by atoms with van der Waals surface area (Å²) in [6.45, 7) is 2.27. The van der Waals surface area contributed by atoms with E-state index in [2.05, 4.69) is 19.1 Å². The lowest BCUT2D eigenvalue weighted by Crippen LogP contribution is -2.29. The van der Waals surface area contributed by atoms with Crippen LogP contribution in [0.1, 0.15) is 135 Å². The van der Waals surface area contributed by atoms with E-state index in [4.69, 9.17) is 9.84 Å². The minimum absolute atomic E-state index is 0.0379. The van der Waals surface area contributed by atoms with Gasteiger partial charge in [-0.3, -0.25) is 9.59 Å². The highest BCUT2D eigenvalue weighted by molar-refractivity contribution is 5.76. The molecule has 0 atom stereocenters. The van der Waals surface area contributed by atoms with Crippen LogP contribution >= 0.6 is 0 Å². The van der Waals surface area contributed by atoms with E-state index in [0.29, 0.717) is 0 Å². The van der Waals surface area contributed by atoms with Crippen LogP contribution in [0.3, 0.4) is 0 Å². The minimum atomic E-state index is -0.953. The van der Waals surface area contributed by atoms with Gasteiger partial charge in [0.2, 0.25) is 0 Å². The molecule has 0 amide bonds. The molecule has 1 aliphatic rings. The molecule has 1 N–H and O–H groups in total. The lowest BCUT2D eigenvalue weighted by Gasteiger charge is -2.25. The third-order valence-electron chi connectivity index (χ3n) is 6.21. The molecule has 0 bridgehead atoms. The molecule has 1 saturated carbocycles. The zero-order valence-corrected chi connectivity index (χ0v) is 19.5. The van der Waals surface area contributed by atoms with E-state index in [1.807, 2.05) is 0 Å². The Labute approximate surface area is 184 Å². The number of allylic oxidation sites excluding steroid dienone is 1. The van der Waals surface area contributed by atoms with Gasteiger partial charge in [0.15, 0.2) is 0 Å². The zero-order valence-electron chi connectivity index (χ0n) is 19.5. The van der Waals surface area contributed by atoms with Crippen molar-refractivity contribution in [3.8, 4) is 0 Å². The molecule has 0 spiro atoms. The molecule has 0 aromatic rings. The molecule has 0 aromatic heterocycles. The fourth-order valence-electron chi connectivity index (χ4n) is 4.34.